The van der Waals surface area contributed by atoms with Gasteiger partial charge in [0.15, 0.2) is 5.13 Å². The molecule has 5 heteroatoms. The number of hydrogen-bond donors (Lipinski definition) is 0. The molecule has 5 rings (SSSR count). The van der Waals surface area contributed by atoms with E-state index in [-0.39, 0.29) is 5.91 Å². The molecule has 0 spiro atoms. The van der Waals surface area contributed by atoms with Crippen molar-refractivity contribution < 1.29 is 9.53 Å². The van der Waals surface area contributed by atoms with Crippen LogP contribution in [0.3, 0.4) is 0 Å². The third-order valence-electron chi connectivity index (χ3n) is 5.89. The Morgan fingerprint density at radius 3 is 2.27 bits per heavy atom. The van der Waals surface area contributed by atoms with Crippen LogP contribution in [0.5, 0.6) is 5.75 Å². The highest BCUT2D eigenvalue weighted by molar-refractivity contribution is 7.22. The van der Waals surface area contributed by atoms with Gasteiger partial charge in [0.05, 0.1) is 29.4 Å². The minimum atomic E-state index is -0.129. The zero-order valence-electron chi connectivity index (χ0n) is 18.8. The molecule has 0 aliphatic carbocycles. The molecule has 0 radical (unpaired) electrons. The van der Waals surface area contributed by atoms with Crippen LogP contribution in [0, 0.1) is 13.8 Å². The SMILES string of the molecule is COc1cc2ccccc2cc1C(=O)N(Cc1ccccc1)c1nc2c(C)ccc(C)c2s1. The topological polar surface area (TPSA) is 42.4 Å². The highest BCUT2D eigenvalue weighted by Crippen LogP contribution is 2.36. The number of rotatable bonds is 5. The Kier molecular flexibility index (Phi) is 5.56. The number of anilines is 1. The summed E-state index contributed by atoms with van der Waals surface area (Å²) in [6.45, 7) is 4.56. The molecule has 0 bridgehead atoms. The number of methoxy groups -OCH3 is 1. The van der Waals surface area contributed by atoms with Crippen molar-refractivity contribution in [3.05, 3.63) is 101 Å². The molecule has 4 nitrogen and oxygen atoms in total. The van der Waals surface area contributed by atoms with E-state index in [4.69, 9.17) is 9.72 Å². The van der Waals surface area contributed by atoms with Crippen molar-refractivity contribution in [2.24, 2.45) is 0 Å². The van der Waals surface area contributed by atoms with Gasteiger partial charge in [0, 0.05) is 0 Å². The van der Waals surface area contributed by atoms with Gasteiger partial charge < -0.3 is 4.74 Å². The van der Waals surface area contributed by atoms with E-state index in [0.717, 1.165) is 37.7 Å². The van der Waals surface area contributed by atoms with Gasteiger partial charge in [0.25, 0.3) is 5.91 Å². The molecule has 5 aromatic rings. The van der Waals surface area contributed by atoms with Crippen LogP contribution in [0.25, 0.3) is 21.0 Å². The number of fused-ring (bicyclic) bond motifs is 2. The number of carbonyl (C=O) groups excluding carboxylic acids is 1. The quantitative estimate of drug-likeness (QED) is 0.291. The van der Waals surface area contributed by atoms with Crippen LogP contribution in [0.2, 0.25) is 0 Å². The highest BCUT2D eigenvalue weighted by Gasteiger charge is 2.25. The molecule has 0 unspecified atom stereocenters. The monoisotopic (exact) mass is 452 g/mol. The molecule has 0 aliphatic heterocycles. The normalized spacial score (nSPS) is 11.1. The number of aromatic nitrogens is 1. The van der Waals surface area contributed by atoms with E-state index in [1.807, 2.05) is 66.7 Å². The summed E-state index contributed by atoms with van der Waals surface area (Å²) in [5.74, 6) is 0.432. The zero-order chi connectivity index (χ0) is 22.9. The Hall–Kier alpha value is -3.70. The van der Waals surface area contributed by atoms with Crippen molar-refractivity contribution in [1.29, 1.82) is 0 Å². The summed E-state index contributed by atoms with van der Waals surface area (Å²) < 4.78 is 6.76. The third-order valence-corrected chi connectivity index (χ3v) is 7.10. The first-order chi connectivity index (χ1) is 16.0. The Labute approximate surface area is 197 Å². The number of aryl methyl sites for hydroxylation is 2. The average molecular weight is 453 g/mol. The van der Waals surface area contributed by atoms with Crippen LogP contribution in [0.1, 0.15) is 27.0 Å². The Morgan fingerprint density at radius 2 is 1.58 bits per heavy atom. The second-order valence-electron chi connectivity index (χ2n) is 8.15. The van der Waals surface area contributed by atoms with Crippen LogP contribution in [0.15, 0.2) is 78.9 Å². The average Bonchev–Trinajstić information content (AvgIpc) is 3.31. The molecule has 0 aliphatic rings. The molecule has 0 atom stereocenters. The van der Waals surface area contributed by atoms with E-state index >= 15 is 0 Å². The van der Waals surface area contributed by atoms with Crippen molar-refractivity contribution in [3.63, 3.8) is 0 Å². The zero-order valence-corrected chi connectivity index (χ0v) is 19.6. The number of nitrogens with zero attached hydrogens (tertiary/aromatic N) is 2. The first-order valence-electron chi connectivity index (χ1n) is 10.8. The number of ether oxygens (including phenoxy) is 1. The van der Waals surface area contributed by atoms with Crippen LogP contribution in [0.4, 0.5) is 5.13 Å². The fourth-order valence-corrected chi connectivity index (χ4v) is 5.17. The van der Waals surface area contributed by atoms with E-state index in [1.54, 1.807) is 23.3 Å². The molecule has 164 valence electrons. The van der Waals surface area contributed by atoms with Crippen LogP contribution < -0.4 is 9.64 Å². The van der Waals surface area contributed by atoms with Gasteiger partial charge in [-0.05, 0) is 53.4 Å². The second-order valence-corrected chi connectivity index (χ2v) is 9.13. The molecule has 0 fully saturated rings. The van der Waals surface area contributed by atoms with Crippen molar-refractivity contribution >= 4 is 43.4 Å². The largest absolute Gasteiger partial charge is 0.496 e. The minimum absolute atomic E-state index is 0.129. The lowest BCUT2D eigenvalue weighted by molar-refractivity contribution is 0.0982. The highest BCUT2D eigenvalue weighted by atomic mass is 32.1. The Morgan fingerprint density at radius 1 is 0.909 bits per heavy atom. The summed E-state index contributed by atoms with van der Waals surface area (Å²) in [5.41, 5.74) is 4.78. The number of thiazole rings is 1. The lowest BCUT2D eigenvalue weighted by atomic mass is 10.0. The fraction of sp³-hybridized carbons (Fsp3) is 0.143. The lowest BCUT2D eigenvalue weighted by Crippen LogP contribution is -2.30. The predicted molar refractivity (Wildman–Crippen MR) is 137 cm³/mol. The molecule has 33 heavy (non-hydrogen) atoms. The summed E-state index contributed by atoms with van der Waals surface area (Å²) in [7, 11) is 1.60. The maximum absolute atomic E-state index is 14.0. The van der Waals surface area contributed by atoms with Crippen molar-refractivity contribution in [2.75, 3.05) is 12.0 Å². The first kappa shape index (κ1) is 21.2. The molecule has 0 saturated heterocycles. The van der Waals surface area contributed by atoms with Gasteiger partial charge in [0.1, 0.15) is 5.75 Å². The minimum Gasteiger partial charge on any atom is -0.496 e. The van der Waals surface area contributed by atoms with Gasteiger partial charge >= 0.3 is 0 Å². The van der Waals surface area contributed by atoms with Gasteiger partial charge in [-0.25, -0.2) is 4.98 Å². The summed E-state index contributed by atoms with van der Waals surface area (Å²) in [6.07, 6.45) is 0. The predicted octanol–water partition coefficient (Wildman–Crippen LogP) is 6.92. The molecule has 1 amide bonds. The van der Waals surface area contributed by atoms with E-state index in [0.29, 0.717) is 23.0 Å². The maximum atomic E-state index is 14.0. The van der Waals surface area contributed by atoms with E-state index < -0.39 is 0 Å². The Balaban J connectivity index is 1.66. The summed E-state index contributed by atoms with van der Waals surface area (Å²) >= 11 is 1.56. The van der Waals surface area contributed by atoms with Crippen LogP contribution >= 0.6 is 11.3 Å². The van der Waals surface area contributed by atoms with E-state index in [2.05, 4.69) is 26.0 Å². The first-order valence-corrected chi connectivity index (χ1v) is 11.7. The maximum Gasteiger partial charge on any atom is 0.264 e. The van der Waals surface area contributed by atoms with Crippen molar-refractivity contribution in [2.45, 2.75) is 20.4 Å². The third kappa shape index (κ3) is 3.96. The van der Waals surface area contributed by atoms with Gasteiger partial charge in [-0.1, -0.05) is 78.1 Å². The molecular weight excluding hydrogens is 428 g/mol. The molecular formula is C28H24N2O2S. The number of amides is 1. The Bertz CT molecular complexity index is 1440. The lowest BCUT2D eigenvalue weighted by Gasteiger charge is -2.21. The van der Waals surface area contributed by atoms with Gasteiger partial charge in [-0.3, -0.25) is 9.69 Å². The van der Waals surface area contributed by atoms with E-state index in [9.17, 15) is 4.79 Å². The summed E-state index contributed by atoms with van der Waals surface area (Å²) in [5, 5.41) is 2.72. The summed E-state index contributed by atoms with van der Waals surface area (Å²) in [4.78, 5) is 20.7. The van der Waals surface area contributed by atoms with Gasteiger partial charge in [-0.15, -0.1) is 0 Å². The summed E-state index contributed by atoms with van der Waals surface area (Å²) in [6, 6.07) is 26.0. The van der Waals surface area contributed by atoms with Gasteiger partial charge in [-0.2, -0.15) is 0 Å². The van der Waals surface area contributed by atoms with Crippen LogP contribution in [-0.4, -0.2) is 18.0 Å². The number of carbonyl (C=O) groups is 1. The molecule has 0 N–H and O–H groups in total. The molecule has 1 heterocycles. The molecule has 1 aromatic heterocycles. The van der Waals surface area contributed by atoms with Gasteiger partial charge in [0.2, 0.25) is 0 Å². The second kappa shape index (κ2) is 8.68. The van der Waals surface area contributed by atoms with Crippen LogP contribution in [-0.2, 0) is 6.54 Å². The van der Waals surface area contributed by atoms with Crippen molar-refractivity contribution in [1.82, 2.24) is 4.98 Å². The molecule has 4 aromatic carbocycles. The smallest absolute Gasteiger partial charge is 0.264 e. The van der Waals surface area contributed by atoms with E-state index in [1.165, 1.54) is 0 Å². The number of hydrogen-bond acceptors (Lipinski definition) is 4. The molecule has 0 saturated carbocycles. The van der Waals surface area contributed by atoms with Crippen molar-refractivity contribution in [3.8, 4) is 5.75 Å². The fourth-order valence-electron chi connectivity index (χ4n) is 4.06. The standard InChI is InChI=1S/C28H24N2O2S/c1-18-13-14-19(2)26-25(18)29-28(33-26)30(17-20-9-5-4-6-10-20)27(31)23-15-21-11-7-8-12-22(21)16-24(23)32-3/h4-16H,17H2,1-3H3. The number of benzene rings is 4.